The summed E-state index contributed by atoms with van der Waals surface area (Å²) >= 11 is 3.38. The summed E-state index contributed by atoms with van der Waals surface area (Å²) in [4.78, 5) is 0. The maximum atomic E-state index is 13.4. The molecule has 3 rings (SSSR count). The second-order valence-electron chi connectivity index (χ2n) is 6.12. The summed E-state index contributed by atoms with van der Waals surface area (Å²) in [7, 11) is 0. The van der Waals surface area contributed by atoms with Crippen LogP contribution in [0.5, 0.6) is 0 Å². The molecule has 2 fully saturated rings. The fraction of sp³-hybridized carbons (Fsp3) is 0.625. The minimum Gasteiger partial charge on any atom is -0.314 e. The quantitative estimate of drug-likeness (QED) is 0.851. The van der Waals surface area contributed by atoms with Crippen molar-refractivity contribution in [2.24, 2.45) is 11.8 Å². The molecule has 2 unspecified atom stereocenters. The van der Waals surface area contributed by atoms with Gasteiger partial charge in [0.05, 0.1) is 0 Å². The van der Waals surface area contributed by atoms with Crippen LogP contribution in [-0.2, 0) is 6.42 Å². The summed E-state index contributed by atoms with van der Waals surface area (Å²) in [6, 6.07) is 6.08. The lowest BCUT2D eigenvalue weighted by Crippen LogP contribution is -2.27. The highest BCUT2D eigenvalue weighted by Gasteiger charge is 2.29. The molecule has 19 heavy (non-hydrogen) atoms. The van der Waals surface area contributed by atoms with Gasteiger partial charge in [0.25, 0.3) is 0 Å². The van der Waals surface area contributed by atoms with Crippen molar-refractivity contribution < 1.29 is 4.39 Å². The molecule has 3 heteroatoms. The van der Waals surface area contributed by atoms with Crippen molar-refractivity contribution in [3.05, 3.63) is 34.1 Å². The zero-order valence-corrected chi connectivity index (χ0v) is 12.8. The van der Waals surface area contributed by atoms with Crippen LogP contribution in [-0.4, -0.2) is 12.6 Å². The largest absolute Gasteiger partial charge is 0.314 e. The summed E-state index contributed by atoms with van der Waals surface area (Å²) in [5.41, 5.74) is 1.13. The predicted molar refractivity (Wildman–Crippen MR) is 79.7 cm³/mol. The van der Waals surface area contributed by atoms with Gasteiger partial charge in [0.1, 0.15) is 5.82 Å². The van der Waals surface area contributed by atoms with Crippen LogP contribution in [0.3, 0.4) is 0 Å². The number of hydrogen-bond donors (Lipinski definition) is 1. The first-order valence-electron chi connectivity index (χ1n) is 7.39. The summed E-state index contributed by atoms with van der Waals surface area (Å²) in [6.07, 6.45) is 7.69. The molecule has 0 aromatic heterocycles. The third kappa shape index (κ3) is 3.79. The van der Waals surface area contributed by atoms with Crippen LogP contribution in [0.2, 0.25) is 0 Å². The summed E-state index contributed by atoms with van der Waals surface area (Å²) < 4.78 is 14.3. The SMILES string of the molecule is Fc1cc(Br)cc(CC2CCCC2CNC2CC2)c1. The summed E-state index contributed by atoms with van der Waals surface area (Å²) in [5, 5.41) is 3.65. The first kappa shape index (κ1) is 13.6. The third-order valence-electron chi connectivity index (χ3n) is 4.48. The molecule has 0 amide bonds. The van der Waals surface area contributed by atoms with Crippen molar-refractivity contribution in [1.82, 2.24) is 5.32 Å². The van der Waals surface area contributed by atoms with E-state index in [1.165, 1.54) is 38.2 Å². The smallest absolute Gasteiger partial charge is 0.124 e. The molecule has 104 valence electrons. The molecule has 0 spiro atoms. The molecule has 0 heterocycles. The summed E-state index contributed by atoms with van der Waals surface area (Å²) in [5.74, 6) is 1.37. The molecular formula is C16H21BrFN. The van der Waals surface area contributed by atoms with Gasteiger partial charge in [-0.15, -0.1) is 0 Å². The van der Waals surface area contributed by atoms with Gasteiger partial charge in [-0.05, 0) is 74.2 Å². The Hall–Kier alpha value is -0.410. The zero-order valence-electron chi connectivity index (χ0n) is 11.2. The van der Waals surface area contributed by atoms with Gasteiger partial charge >= 0.3 is 0 Å². The molecule has 1 nitrogen and oxygen atoms in total. The van der Waals surface area contributed by atoms with Crippen LogP contribution in [0.25, 0.3) is 0 Å². The number of hydrogen-bond acceptors (Lipinski definition) is 1. The lowest BCUT2D eigenvalue weighted by Gasteiger charge is -2.20. The molecule has 0 saturated heterocycles. The number of halogens is 2. The van der Waals surface area contributed by atoms with Gasteiger partial charge in [0, 0.05) is 10.5 Å². The summed E-state index contributed by atoms with van der Waals surface area (Å²) in [6.45, 7) is 1.16. The average molecular weight is 326 g/mol. The second-order valence-corrected chi connectivity index (χ2v) is 7.03. The van der Waals surface area contributed by atoms with Gasteiger partial charge in [-0.25, -0.2) is 4.39 Å². The molecule has 2 saturated carbocycles. The normalized spacial score (nSPS) is 26.8. The minimum absolute atomic E-state index is 0.130. The van der Waals surface area contributed by atoms with Crippen molar-refractivity contribution in [3.8, 4) is 0 Å². The predicted octanol–water partition coefficient (Wildman–Crippen LogP) is 4.30. The van der Waals surface area contributed by atoms with E-state index in [9.17, 15) is 4.39 Å². The van der Waals surface area contributed by atoms with Crippen LogP contribution in [0.15, 0.2) is 22.7 Å². The van der Waals surface area contributed by atoms with E-state index in [-0.39, 0.29) is 5.82 Å². The Morgan fingerprint density at radius 2 is 1.89 bits per heavy atom. The number of benzene rings is 1. The molecule has 2 aliphatic carbocycles. The van der Waals surface area contributed by atoms with E-state index < -0.39 is 0 Å². The van der Waals surface area contributed by atoms with E-state index in [0.29, 0.717) is 0 Å². The van der Waals surface area contributed by atoms with Crippen LogP contribution >= 0.6 is 15.9 Å². The van der Waals surface area contributed by atoms with Crippen LogP contribution in [0, 0.1) is 17.7 Å². The number of nitrogens with one attached hydrogen (secondary N) is 1. The van der Waals surface area contributed by atoms with E-state index in [1.807, 2.05) is 0 Å². The van der Waals surface area contributed by atoms with Gasteiger partial charge in [-0.2, -0.15) is 0 Å². The van der Waals surface area contributed by atoms with E-state index in [1.54, 1.807) is 6.07 Å². The Balaban J connectivity index is 1.60. The van der Waals surface area contributed by atoms with Gasteiger partial charge in [-0.1, -0.05) is 22.4 Å². The first-order valence-corrected chi connectivity index (χ1v) is 8.18. The molecule has 2 atom stereocenters. The molecule has 1 N–H and O–H groups in total. The molecule has 1 aromatic rings. The van der Waals surface area contributed by atoms with Crippen molar-refractivity contribution in [3.63, 3.8) is 0 Å². The molecule has 1 aromatic carbocycles. The Kier molecular flexibility index (Phi) is 4.23. The van der Waals surface area contributed by atoms with E-state index in [0.717, 1.165) is 40.9 Å². The monoisotopic (exact) mass is 325 g/mol. The van der Waals surface area contributed by atoms with Crippen LogP contribution in [0.1, 0.15) is 37.7 Å². The van der Waals surface area contributed by atoms with E-state index in [4.69, 9.17) is 0 Å². The van der Waals surface area contributed by atoms with Gasteiger partial charge < -0.3 is 5.32 Å². The van der Waals surface area contributed by atoms with Crippen LogP contribution < -0.4 is 5.32 Å². The van der Waals surface area contributed by atoms with Gasteiger partial charge in [0.15, 0.2) is 0 Å². The van der Waals surface area contributed by atoms with Crippen molar-refractivity contribution >= 4 is 15.9 Å². The van der Waals surface area contributed by atoms with Crippen molar-refractivity contribution in [1.29, 1.82) is 0 Å². The lowest BCUT2D eigenvalue weighted by molar-refractivity contribution is 0.363. The van der Waals surface area contributed by atoms with Crippen molar-refractivity contribution in [2.45, 2.75) is 44.6 Å². The third-order valence-corrected chi connectivity index (χ3v) is 4.94. The molecule has 0 aliphatic heterocycles. The highest BCUT2D eigenvalue weighted by molar-refractivity contribution is 9.10. The van der Waals surface area contributed by atoms with E-state index in [2.05, 4.69) is 27.3 Å². The standard InChI is InChI=1S/C16H21BrFN/c17-14-7-11(8-15(18)9-14)6-12-2-1-3-13(12)10-19-16-4-5-16/h7-9,12-13,16,19H,1-6,10H2. The average Bonchev–Trinajstić information content (AvgIpc) is 3.07. The first-order chi connectivity index (χ1) is 9.20. The number of rotatable bonds is 5. The molecule has 0 radical (unpaired) electrons. The van der Waals surface area contributed by atoms with Gasteiger partial charge in [0.2, 0.25) is 0 Å². The second kappa shape index (κ2) is 5.92. The fourth-order valence-corrected chi connectivity index (χ4v) is 3.80. The van der Waals surface area contributed by atoms with Crippen molar-refractivity contribution in [2.75, 3.05) is 6.54 Å². The Bertz CT molecular complexity index is 424. The Morgan fingerprint density at radius 3 is 2.63 bits per heavy atom. The maximum absolute atomic E-state index is 13.4. The van der Waals surface area contributed by atoms with Gasteiger partial charge in [-0.3, -0.25) is 0 Å². The maximum Gasteiger partial charge on any atom is 0.124 e. The highest BCUT2D eigenvalue weighted by atomic mass is 79.9. The minimum atomic E-state index is -0.130. The molecule has 0 bridgehead atoms. The highest BCUT2D eigenvalue weighted by Crippen LogP contribution is 2.35. The zero-order chi connectivity index (χ0) is 13.2. The fourth-order valence-electron chi connectivity index (χ4n) is 3.29. The lowest BCUT2D eigenvalue weighted by atomic mass is 9.89. The Morgan fingerprint density at radius 1 is 1.11 bits per heavy atom. The topological polar surface area (TPSA) is 12.0 Å². The van der Waals surface area contributed by atoms with Crippen LogP contribution in [0.4, 0.5) is 4.39 Å². The molecule has 2 aliphatic rings. The Labute approximate surface area is 123 Å². The van der Waals surface area contributed by atoms with E-state index >= 15 is 0 Å². The molecular weight excluding hydrogens is 305 g/mol.